The van der Waals surface area contributed by atoms with E-state index >= 15 is 0 Å². The topological polar surface area (TPSA) is 69.0 Å². The van der Waals surface area contributed by atoms with E-state index in [1.54, 1.807) is 22.1 Å². The molecule has 3 aromatic heterocycles. The van der Waals surface area contributed by atoms with E-state index in [-0.39, 0.29) is 12.0 Å². The molecule has 3 heterocycles. The van der Waals surface area contributed by atoms with Crippen LogP contribution in [-0.4, -0.2) is 26.8 Å². The second-order valence-corrected chi connectivity index (χ2v) is 8.15. The first-order valence-corrected chi connectivity index (χ1v) is 10.5. The highest BCUT2D eigenvalue weighted by molar-refractivity contribution is 7.13. The summed E-state index contributed by atoms with van der Waals surface area (Å²) in [4.78, 5) is 18.4. The van der Waals surface area contributed by atoms with Crippen LogP contribution in [0.1, 0.15) is 23.5 Å². The molecule has 0 aliphatic carbocycles. The molecule has 0 radical (unpaired) electrons. The molecule has 0 bridgehead atoms. The summed E-state index contributed by atoms with van der Waals surface area (Å²) in [6.07, 6.45) is -0.0122. The van der Waals surface area contributed by atoms with Crippen molar-refractivity contribution >= 4 is 34.3 Å². The number of ether oxygens (including phenoxy) is 1. The van der Waals surface area contributed by atoms with Gasteiger partial charge in [-0.25, -0.2) is 4.68 Å². The van der Waals surface area contributed by atoms with Crippen LogP contribution in [0.4, 0.5) is 5.69 Å². The van der Waals surface area contributed by atoms with Gasteiger partial charge in [-0.3, -0.25) is 4.79 Å². The molecule has 0 spiro atoms. The van der Waals surface area contributed by atoms with Crippen LogP contribution >= 0.6 is 22.7 Å². The number of hydrogen-bond donors (Lipinski definition) is 1. The van der Waals surface area contributed by atoms with Crippen molar-refractivity contribution in [3.8, 4) is 22.4 Å². The summed E-state index contributed by atoms with van der Waals surface area (Å²) in [6, 6.07) is 15.5. The van der Waals surface area contributed by atoms with Crippen LogP contribution in [0.25, 0.3) is 16.4 Å². The summed E-state index contributed by atoms with van der Waals surface area (Å²) in [5, 5.41) is 11.3. The van der Waals surface area contributed by atoms with E-state index < -0.39 is 0 Å². The van der Waals surface area contributed by atoms with Gasteiger partial charge in [0.15, 0.2) is 5.82 Å². The monoisotopic (exact) mass is 410 g/mol. The Kier molecular flexibility index (Phi) is 5.23. The molecule has 4 aromatic rings. The molecule has 142 valence electrons. The van der Waals surface area contributed by atoms with Gasteiger partial charge in [-0.1, -0.05) is 12.1 Å². The smallest absolute Gasteiger partial charge is 0.336 e. The number of aromatic nitrogens is 3. The number of thiophene rings is 2. The number of nitrogens with zero attached hydrogens (tertiary/aromatic N) is 3. The summed E-state index contributed by atoms with van der Waals surface area (Å²) in [5.41, 5.74) is 1.56. The minimum Gasteiger partial charge on any atom is -0.460 e. The number of amides is 1. The van der Waals surface area contributed by atoms with Gasteiger partial charge in [-0.2, -0.15) is 4.98 Å². The molecule has 1 aromatic carbocycles. The van der Waals surface area contributed by atoms with Crippen molar-refractivity contribution in [1.29, 1.82) is 0 Å². The fourth-order valence-electron chi connectivity index (χ4n) is 2.59. The molecular weight excluding hydrogens is 392 g/mol. The van der Waals surface area contributed by atoms with Crippen molar-refractivity contribution in [2.24, 2.45) is 0 Å². The molecule has 0 unspecified atom stereocenters. The van der Waals surface area contributed by atoms with Crippen molar-refractivity contribution in [2.75, 3.05) is 5.32 Å². The zero-order valence-corrected chi connectivity index (χ0v) is 17.0. The van der Waals surface area contributed by atoms with Crippen LogP contribution in [-0.2, 0) is 0 Å². The van der Waals surface area contributed by atoms with Gasteiger partial charge in [-0.05, 0) is 61.0 Å². The number of carbonyl (C=O) groups is 1. The predicted molar refractivity (Wildman–Crippen MR) is 113 cm³/mol. The first-order valence-electron chi connectivity index (χ1n) is 8.73. The Morgan fingerprint density at radius 1 is 1.07 bits per heavy atom. The Hall–Kier alpha value is -2.97. The molecule has 1 amide bonds. The zero-order chi connectivity index (χ0) is 19.5. The Morgan fingerprint density at radius 2 is 1.82 bits per heavy atom. The van der Waals surface area contributed by atoms with Gasteiger partial charge in [0.2, 0.25) is 0 Å². The van der Waals surface area contributed by atoms with Crippen LogP contribution < -0.4 is 10.1 Å². The molecule has 0 aliphatic heterocycles. The number of nitrogens with one attached hydrogen (secondary N) is 1. The molecule has 1 N–H and O–H groups in total. The molecule has 8 heteroatoms. The third kappa shape index (κ3) is 3.97. The van der Waals surface area contributed by atoms with Gasteiger partial charge in [0.25, 0.3) is 5.91 Å². The lowest BCUT2D eigenvalue weighted by atomic mass is 10.2. The van der Waals surface area contributed by atoms with Crippen LogP contribution in [0.15, 0.2) is 59.3 Å². The summed E-state index contributed by atoms with van der Waals surface area (Å²) >= 11 is 3.00. The van der Waals surface area contributed by atoms with Gasteiger partial charge < -0.3 is 10.1 Å². The van der Waals surface area contributed by atoms with Crippen molar-refractivity contribution in [1.82, 2.24) is 14.8 Å². The molecule has 0 fully saturated rings. The highest BCUT2D eigenvalue weighted by Gasteiger charge is 2.16. The van der Waals surface area contributed by atoms with Crippen molar-refractivity contribution in [3.05, 3.63) is 64.2 Å². The highest BCUT2D eigenvalue weighted by Crippen LogP contribution is 2.28. The SMILES string of the molecule is CC(C)Oc1nc(-c2cccs2)n(-c2ccc(NC(=O)c3cccs3)cc2)n1. The number of rotatable bonds is 6. The fraction of sp³-hybridized carbons (Fsp3) is 0.150. The van der Waals surface area contributed by atoms with E-state index in [2.05, 4.69) is 15.4 Å². The van der Waals surface area contributed by atoms with Gasteiger partial charge in [0.1, 0.15) is 0 Å². The predicted octanol–water partition coefficient (Wildman–Crippen LogP) is 5.10. The molecule has 0 aliphatic rings. The Labute approximate surface area is 170 Å². The number of anilines is 1. The number of hydrogen-bond acceptors (Lipinski definition) is 6. The molecule has 0 atom stereocenters. The summed E-state index contributed by atoms with van der Waals surface area (Å²) in [6.45, 7) is 3.88. The van der Waals surface area contributed by atoms with E-state index in [9.17, 15) is 4.79 Å². The molecule has 0 saturated carbocycles. The van der Waals surface area contributed by atoms with Crippen LogP contribution in [0, 0.1) is 0 Å². The van der Waals surface area contributed by atoms with Gasteiger partial charge >= 0.3 is 6.01 Å². The Balaban J connectivity index is 1.61. The molecule has 0 saturated heterocycles. The summed E-state index contributed by atoms with van der Waals surface area (Å²) in [5.74, 6) is 0.608. The van der Waals surface area contributed by atoms with E-state index in [0.29, 0.717) is 10.9 Å². The standard InChI is InChI=1S/C20H18N4O2S2/c1-13(2)26-20-22-18(16-5-3-11-27-16)24(23-20)15-9-7-14(8-10-15)21-19(25)17-6-4-12-28-17/h3-13H,1-2H3,(H,21,25). The Morgan fingerprint density at radius 3 is 2.46 bits per heavy atom. The first kappa shape index (κ1) is 18.4. The lowest BCUT2D eigenvalue weighted by molar-refractivity contribution is 0.103. The zero-order valence-electron chi connectivity index (χ0n) is 15.3. The van der Waals surface area contributed by atoms with Crippen LogP contribution in [0.5, 0.6) is 6.01 Å². The maximum atomic E-state index is 12.2. The van der Waals surface area contributed by atoms with Crippen LogP contribution in [0.2, 0.25) is 0 Å². The van der Waals surface area contributed by atoms with Crippen molar-refractivity contribution < 1.29 is 9.53 Å². The minimum absolute atomic E-state index is 0.0122. The Bertz CT molecular complexity index is 1050. The van der Waals surface area contributed by atoms with E-state index in [0.717, 1.165) is 22.1 Å². The largest absolute Gasteiger partial charge is 0.460 e. The van der Waals surface area contributed by atoms with E-state index in [4.69, 9.17) is 4.74 Å². The quantitative estimate of drug-likeness (QED) is 0.480. The molecule has 28 heavy (non-hydrogen) atoms. The van der Waals surface area contributed by atoms with Gasteiger partial charge in [0, 0.05) is 5.69 Å². The third-order valence-electron chi connectivity index (χ3n) is 3.79. The van der Waals surface area contributed by atoms with Gasteiger partial charge in [0.05, 0.1) is 21.5 Å². The van der Waals surface area contributed by atoms with Crippen LogP contribution in [0.3, 0.4) is 0 Å². The molecular formula is C20H18N4O2S2. The highest BCUT2D eigenvalue weighted by atomic mass is 32.1. The maximum Gasteiger partial charge on any atom is 0.336 e. The summed E-state index contributed by atoms with van der Waals surface area (Å²) in [7, 11) is 0. The third-order valence-corrected chi connectivity index (χ3v) is 5.52. The molecule has 6 nitrogen and oxygen atoms in total. The van der Waals surface area contributed by atoms with Crippen molar-refractivity contribution in [3.63, 3.8) is 0 Å². The second-order valence-electron chi connectivity index (χ2n) is 6.25. The average Bonchev–Trinajstić information content (AvgIpc) is 3.43. The molecule has 4 rings (SSSR count). The van der Waals surface area contributed by atoms with E-state index in [1.807, 2.05) is 67.1 Å². The van der Waals surface area contributed by atoms with Gasteiger partial charge in [-0.15, -0.1) is 27.8 Å². The minimum atomic E-state index is -0.115. The lowest BCUT2D eigenvalue weighted by Gasteiger charge is -2.07. The fourth-order valence-corrected chi connectivity index (χ4v) is 3.90. The maximum absolute atomic E-state index is 12.2. The lowest BCUT2D eigenvalue weighted by Crippen LogP contribution is -2.10. The summed E-state index contributed by atoms with van der Waals surface area (Å²) < 4.78 is 7.44. The average molecular weight is 411 g/mol. The van der Waals surface area contributed by atoms with E-state index in [1.165, 1.54) is 11.3 Å². The number of benzene rings is 1. The number of carbonyl (C=O) groups excluding carboxylic acids is 1. The first-order chi connectivity index (χ1) is 13.6. The second kappa shape index (κ2) is 7.95. The van der Waals surface area contributed by atoms with Crippen molar-refractivity contribution in [2.45, 2.75) is 20.0 Å². The normalized spacial score (nSPS) is 11.0.